The Hall–Kier alpha value is -1.82. The lowest BCUT2D eigenvalue weighted by molar-refractivity contribution is -0.384. The fourth-order valence-corrected chi connectivity index (χ4v) is 1.86. The molecule has 0 aliphatic carbocycles. The van der Waals surface area contributed by atoms with E-state index < -0.39 is 4.92 Å². The van der Waals surface area contributed by atoms with Crippen molar-refractivity contribution in [2.45, 2.75) is 6.54 Å². The molecule has 1 N–H and O–H groups in total. The third kappa shape index (κ3) is 2.85. The molecule has 0 unspecified atom stereocenters. The number of hydrogen-bond acceptors (Lipinski definition) is 4. The van der Waals surface area contributed by atoms with E-state index in [-0.39, 0.29) is 5.69 Å². The van der Waals surface area contributed by atoms with Gasteiger partial charge in [-0.1, -0.05) is 0 Å². The minimum absolute atomic E-state index is 0.0559. The lowest BCUT2D eigenvalue weighted by atomic mass is 10.3. The molecule has 6 heteroatoms. The van der Waals surface area contributed by atoms with Crippen molar-refractivity contribution in [3.8, 4) is 0 Å². The highest BCUT2D eigenvalue weighted by molar-refractivity contribution is 9.10. The fraction of sp³-hybridized carbons (Fsp3) is 0.0909. The zero-order chi connectivity index (χ0) is 12.3. The van der Waals surface area contributed by atoms with Crippen LogP contribution in [0.5, 0.6) is 0 Å². The number of rotatable bonds is 4. The predicted molar refractivity (Wildman–Crippen MR) is 66.8 cm³/mol. The van der Waals surface area contributed by atoms with E-state index >= 15 is 0 Å². The first-order valence-corrected chi connectivity index (χ1v) is 5.66. The van der Waals surface area contributed by atoms with Crippen LogP contribution < -0.4 is 5.32 Å². The lowest BCUT2D eigenvalue weighted by Crippen LogP contribution is -1.99. The Morgan fingerprint density at radius 2 is 2.24 bits per heavy atom. The van der Waals surface area contributed by atoms with Gasteiger partial charge in [0.05, 0.1) is 17.7 Å². The first-order valence-electron chi connectivity index (χ1n) is 4.87. The van der Waals surface area contributed by atoms with Gasteiger partial charge in [0.2, 0.25) is 0 Å². The summed E-state index contributed by atoms with van der Waals surface area (Å²) in [5.74, 6) is 0.801. The second kappa shape index (κ2) is 5.01. The highest BCUT2D eigenvalue weighted by atomic mass is 79.9. The highest BCUT2D eigenvalue weighted by Gasteiger charge is 2.08. The molecule has 0 spiro atoms. The van der Waals surface area contributed by atoms with Gasteiger partial charge in [0.1, 0.15) is 5.76 Å². The molecule has 2 aromatic rings. The van der Waals surface area contributed by atoms with Gasteiger partial charge < -0.3 is 9.73 Å². The van der Waals surface area contributed by atoms with Crippen molar-refractivity contribution in [2.24, 2.45) is 0 Å². The molecule has 0 atom stereocenters. The number of nitro groups is 1. The Kier molecular flexibility index (Phi) is 3.43. The minimum Gasteiger partial charge on any atom is -0.467 e. The SMILES string of the molecule is O=[N+]([O-])c1ccc(NCc2ccco2)c(Br)c1. The van der Waals surface area contributed by atoms with Crippen molar-refractivity contribution in [3.05, 3.63) is 56.9 Å². The first kappa shape index (κ1) is 11.7. The maximum absolute atomic E-state index is 10.6. The maximum atomic E-state index is 10.6. The molecule has 0 radical (unpaired) electrons. The molecule has 0 saturated heterocycles. The van der Waals surface area contributed by atoms with E-state index in [1.54, 1.807) is 12.3 Å². The van der Waals surface area contributed by atoms with Crippen molar-refractivity contribution in [1.82, 2.24) is 0 Å². The van der Waals surface area contributed by atoms with Gasteiger partial charge in [0, 0.05) is 22.3 Å². The van der Waals surface area contributed by atoms with Crippen LogP contribution in [0.2, 0.25) is 0 Å². The number of anilines is 1. The van der Waals surface area contributed by atoms with Gasteiger partial charge in [-0.15, -0.1) is 0 Å². The van der Waals surface area contributed by atoms with Gasteiger partial charge in [0.15, 0.2) is 0 Å². The number of nitrogens with one attached hydrogen (secondary N) is 1. The van der Waals surface area contributed by atoms with Crippen LogP contribution in [0.4, 0.5) is 11.4 Å². The molecule has 0 saturated carbocycles. The van der Waals surface area contributed by atoms with E-state index in [0.717, 1.165) is 11.4 Å². The van der Waals surface area contributed by atoms with E-state index in [4.69, 9.17) is 4.42 Å². The van der Waals surface area contributed by atoms with E-state index in [1.165, 1.54) is 12.1 Å². The summed E-state index contributed by atoms with van der Waals surface area (Å²) in [5, 5.41) is 13.7. The molecule has 17 heavy (non-hydrogen) atoms. The summed E-state index contributed by atoms with van der Waals surface area (Å²) < 4.78 is 5.82. The van der Waals surface area contributed by atoms with Crippen LogP contribution in [0, 0.1) is 10.1 Å². The Morgan fingerprint density at radius 1 is 1.41 bits per heavy atom. The highest BCUT2D eigenvalue weighted by Crippen LogP contribution is 2.27. The van der Waals surface area contributed by atoms with Crippen molar-refractivity contribution >= 4 is 27.3 Å². The second-order valence-corrected chi connectivity index (χ2v) is 4.21. The standard InChI is InChI=1S/C11H9BrN2O3/c12-10-6-8(14(15)16)3-4-11(10)13-7-9-2-1-5-17-9/h1-6,13H,7H2. The van der Waals surface area contributed by atoms with Gasteiger partial charge in [-0.3, -0.25) is 10.1 Å². The molecule has 2 rings (SSSR count). The summed E-state index contributed by atoms with van der Waals surface area (Å²) >= 11 is 3.28. The molecule has 88 valence electrons. The molecule has 1 aromatic carbocycles. The minimum atomic E-state index is -0.429. The van der Waals surface area contributed by atoms with Crippen LogP contribution in [0.3, 0.4) is 0 Å². The average molecular weight is 297 g/mol. The Morgan fingerprint density at radius 3 is 2.82 bits per heavy atom. The molecule has 0 aliphatic rings. The summed E-state index contributed by atoms with van der Waals surface area (Å²) in [5.41, 5.74) is 0.840. The molecular formula is C11H9BrN2O3. The molecule has 5 nitrogen and oxygen atoms in total. The molecule has 0 aliphatic heterocycles. The summed E-state index contributed by atoms with van der Waals surface area (Å²) in [7, 11) is 0. The molecule has 0 fully saturated rings. The second-order valence-electron chi connectivity index (χ2n) is 3.35. The summed E-state index contributed by atoms with van der Waals surface area (Å²) in [6.45, 7) is 0.531. The lowest BCUT2D eigenvalue weighted by Gasteiger charge is -2.06. The number of nitrogens with zero attached hydrogens (tertiary/aromatic N) is 1. The molecule has 0 amide bonds. The predicted octanol–water partition coefficient (Wildman–Crippen LogP) is 3.56. The maximum Gasteiger partial charge on any atom is 0.270 e. The van der Waals surface area contributed by atoms with E-state index in [9.17, 15) is 10.1 Å². The Labute approximate surface area is 106 Å². The summed E-state index contributed by atoms with van der Waals surface area (Å²) in [4.78, 5) is 10.1. The van der Waals surface area contributed by atoms with E-state index in [1.807, 2.05) is 12.1 Å². The molecular weight excluding hydrogens is 288 g/mol. The van der Waals surface area contributed by atoms with Crippen molar-refractivity contribution in [2.75, 3.05) is 5.32 Å². The summed E-state index contributed by atoms with van der Waals surface area (Å²) in [6.07, 6.45) is 1.60. The molecule has 0 bridgehead atoms. The quantitative estimate of drug-likeness (QED) is 0.692. The smallest absolute Gasteiger partial charge is 0.270 e. The van der Waals surface area contributed by atoms with Gasteiger partial charge in [-0.25, -0.2) is 0 Å². The van der Waals surface area contributed by atoms with E-state index in [0.29, 0.717) is 11.0 Å². The molecule has 1 heterocycles. The van der Waals surface area contributed by atoms with Gasteiger partial charge in [-0.2, -0.15) is 0 Å². The van der Waals surface area contributed by atoms with Crippen LogP contribution in [0.15, 0.2) is 45.5 Å². The third-order valence-electron chi connectivity index (χ3n) is 2.20. The topological polar surface area (TPSA) is 68.3 Å². The third-order valence-corrected chi connectivity index (χ3v) is 2.85. The normalized spacial score (nSPS) is 10.2. The van der Waals surface area contributed by atoms with Crippen molar-refractivity contribution < 1.29 is 9.34 Å². The number of nitro benzene ring substituents is 1. The number of halogens is 1. The fourth-order valence-electron chi connectivity index (χ4n) is 1.36. The average Bonchev–Trinajstić information content (AvgIpc) is 2.80. The van der Waals surface area contributed by atoms with Crippen LogP contribution in [-0.2, 0) is 6.54 Å². The van der Waals surface area contributed by atoms with Crippen LogP contribution in [0.1, 0.15) is 5.76 Å². The van der Waals surface area contributed by atoms with Crippen LogP contribution >= 0.6 is 15.9 Å². The zero-order valence-electron chi connectivity index (χ0n) is 8.72. The first-order chi connectivity index (χ1) is 8.16. The zero-order valence-corrected chi connectivity index (χ0v) is 10.3. The van der Waals surface area contributed by atoms with Crippen molar-refractivity contribution in [1.29, 1.82) is 0 Å². The van der Waals surface area contributed by atoms with Gasteiger partial charge in [0.25, 0.3) is 5.69 Å². The van der Waals surface area contributed by atoms with Gasteiger partial charge >= 0.3 is 0 Å². The summed E-state index contributed by atoms with van der Waals surface area (Å²) in [6, 6.07) is 8.24. The van der Waals surface area contributed by atoms with Gasteiger partial charge in [-0.05, 0) is 34.1 Å². The van der Waals surface area contributed by atoms with Crippen LogP contribution in [0.25, 0.3) is 0 Å². The van der Waals surface area contributed by atoms with Crippen LogP contribution in [-0.4, -0.2) is 4.92 Å². The number of benzene rings is 1. The Bertz CT molecular complexity index is 526. The number of non-ortho nitro benzene ring substituents is 1. The number of hydrogen-bond donors (Lipinski definition) is 1. The number of furan rings is 1. The Balaban J connectivity index is 2.09. The largest absolute Gasteiger partial charge is 0.467 e. The van der Waals surface area contributed by atoms with E-state index in [2.05, 4.69) is 21.2 Å². The monoisotopic (exact) mass is 296 g/mol. The van der Waals surface area contributed by atoms with Crippen molar-refractivity contribution in [3.63, 3.8) is 0 Å². The molecule has 1 aromatic heterocycles.